The zero-order valence-corrected chi connectivity index (χ0v) is 13.3. The molecule has 0 bridgehead atoms. The molecule has 0 unspecified atom stereocenters. The summed E-state index contributed by atoms with van der Waals surface area (Å²) in [6.45, 7) is 1.33. The van der Waals surface area contributed by atoms with Crippen molar-refractivity contribution >= 4 is 5.91 Å². The maximum atomic E-state index is 11.5. The lowest BCUT2D eigenvalue weighted by atomic mass is 9.92. The highest BCUT2D eigenvalue weighted by Gasteiger charge is 2.09. The van der Waals surface area contributed by atoms with Gasteiger partial charge in [-0.15, -0.1) is 0 Å². The number of nitrogens with one attached hydrogen (secondary N) is 1. The second kappa shape index (κ2) is 9.46. The number of rotatable bonds is 9. The third-order valence-corrected chi connectivity index (χ3v) is 4.04. The number of amides is 1. The first-order valence-electron chi connectivity index (χ1n) is 8.42. The Kier molecular flexibility index (Phi) is 7.23. The van der Waals surface area contributed by atoms with Gasteiger partial charge in [-0.3, -0.25) is 4.79 Å². The molecule has 1 amide bonds. The average Bonchev–Trinajstić information content (AvgIpc) is 2.54. The molecule has 0 fully saturated rings. The van der Waals surface area contributed by atoms with Gasteiger partial charge in [0.15, 0.2) is 0 Å². The van der Waals surface area contributed by atoms with Crippen molar-refractivity contribution in [2.45, 2.75) is 51.4 Å². The first-order chi connectivity index (χ1) is 10.8. The molecular formula is C18H27NO3. The standard InChI is InChI=1S/C18H27NO3/c20-12-5-11-19-18(21)8-3-4-13-22-17-10-9-15-6-1-2-7-16(15)14-17/h9-10,14,20H,1-8,11-13H2,(H,19,21). The summed E-state index contributed by atoms with van der Waals surface area (Å²) in [5.74, 6) is 1.01. The van der Waals surface area contributed by atoms with E-state index in [2.05, 4.69) is 23.5 Å². The lowest BCUT2D eigenvalue weighted by Crippen LogP contribution is -2.24. The molecule has 2 N–H and O–H groups in total. The van der Waals surface area contributed by atoms with Gasteiger partial charge in [0.1, 0.15) is 5.75 Å². The van der Waals surface area contributed by atoms with Crippen molar-refractivity contribution in [3.8, 4) is 5.75 Å². The number of carbonyl (C=O) groups excluding carboxylic acids is 1. The Morgan fingerprint density at radius 3 is 2.77 bits per heavy atom. The van der Waals surface area contributed by atoms with Gasteiger partial charge >= 0.3 is 0 Å². The van der Waals surface area contributed by atoms with Crippen LogP contribution in [0.15, 0.2) is 18.2 Å². The molecule has 1 aliphatic rings. The number of hydrogen-bond donors (Lipinski definition) is 2. The Balaban J connectivity index is 1.60. The van der Waals surface area contributed by atoms with E-state index in [4.69, 9.17) is 9.84 Å². The largest absolute Gasteiger partial charge is 0.494 e. The maximum absolute atomic E-state index is 11.5. The normalized spacial score (nSPS) is 13.5. The zero-order chi connectivity index (χ0) is 15.6. The van der Waals surface area contributed by atoms with Crippen LogP contribution in [-0.2, 0) is 17.6 Å². The average molecular weight is 305 g/mol. The van der Waals surface area contributed by atoms with E-state index in [-0.39, 0.29) is 12.5 Å². The highest BCUT2D eigenvalue weighted by Crippen LogP contribution is 2.25. The molecule has 122 valence electrons. The van der Waals surface area contributed by atoms with Crippen LogP contribution in [0, 0.1) is 0 Å². The van der Waals surface area contributed by atoms with Crippen molar-refractivity contribution in [2.75, 3.05) is 19.8 Å². The number of unbranched alkanes of at least 4 members (excludes halogenated alkanes) is 1. The molecular weight excluding hydrogens is 278 g/mol. The van der Waals surface area contributed by atoms with E-state index in [0.717, 1.165) is 18.6 Å². The Morgan fingerprint density at radius 2 is 1.95 bits per heavy atom. The van der Waals surface area contributed by atoms with Crippen LogP contribution >= 0.6 is 0 Å². The quantitative estimate of drug-likeness (QED) is 0.690. The minimum atomic E-state index is 0.0576. The number of fused-ring (bicyclic) bond motifs is 1. The van der Waals surface area contributed by atoms with Crippen LogP contribution in [0.2, 0.25) is 0 Å². The monoisotopic (exact) mass is 305 g/mol. The predicted octanol–water partition coefficient (Wildman–Crippen LogP) is 2.61. The fourth-order valence-corrected chi connectivity index (χ4v) is 2.77. The molecule has 1 aromatic carbocycles. The van der Waals surface area contributed by atoms with Crippen molar-refractivity contribution < 1.29 is 14.6 Å². The van der Waals surface area contributed by atoms with Gasteiger partial charge in [0.2, 0.25) is 5.91 Å². The summed E-state index contributed by atoms with van der Waals surface area (Å²) in [7, 11) is 0. The summed E-state index contributed by atoms with van der Waals surface area (Å²) in [4.78, 5) is 11.5. The molecule has 1 aromatic rings. The van der Waals surface area contributed by atoms with Gasteiger partial charge in [0.05, 0.1) is 6.61 Å². The van der Waals surface area contributed by atoms with Gasteiger partial charge in [-0.1, -0.05) is 6.07 Å². The topological polar surface area (TPSA) is 58.6 Å². The second-order valence-electron chi connectivity index (χ2n) is 5.87. The number of ether oxygens (including phenoxy) is 1. The molecule has 0 saturated carbocycles. The summed E-state index contributed by atoms with van der Waals surface area (Å²) in [6, 6.07) is 6.43. The number of carbonyl (C=O) groups is 1. The van der Waals surface area contributed by atoms with Gasteiger partial charge in [0.25, 0.3) is 0 Å². The van der Waals surface area contributed by atoms with Crippen molar-refractivity contribution in [3.63, 3.8) is 0 Å². The molecule has 0 heterocycles. The van der Waals surface area contributed by atoms with E-state index in [1.165, 1.54) is 36.8 Å². The highest BCUT2D eigenvalue weighted by molar-refractivity contribution is 5.75. The van der Waals surface area contributed by atoms with Crippen molar-refractivity contribution in [1.29, 1.82) is 0 Å². The molecule has 0 spiro atoms. The van der Waals surface area contributed by atoms with Crippen LogP contribution in [0.25, 0.3) is 0 Å². The number of aryl methyl sites for hydroxylation is 2. The highest BCUT2D eigenvalue weighted by atomic mass is 16.5. The van der Waals surface area contributed by atoms with Gasteiger partial charge in [0, 0.05) is 19.6 Å². The van der Waals surface area contributed by atoms with Crippen LogP contribution in [0.5, 0.6) is 5.75 Å². The van der Waals surface area contributed by atoms with Gasteiger partial charge in [-0.2, -0.15) is 0 Å². The summed E-state index contributed by atoms with van der Waals surface area (Å²) in [5.41, 5.74) is 2.91. The van der Waals surface area contributed by atoms with E-state index >= 15 is 0 Å². The minimum absolute atomic E-state index is 0.0576. The number of benzene rings is 1. The summed E-state index contributed by atoms with van der Waals surface area (Å²) in [5, 5.41) is 11.4. The molecule has 4 heteroatoms. The van der Waals surface area contributed by atoms with Gasteiger partial charge in [-0.05, 0) is 68.2 Å². The van der Waals surface area contributed by atoms with E-state index in [1.54, 1.807) is 0 Å². The van der Waals surface area contributed by atoms with Gasteiger partial charge in [-0.25, -0.2) is 0 Å². The Hall–Kier alpha value is -1.55. The molecule has 0 saturated heterocycles. The van der Waals surface area contributed by atoms with Crippen LogP contribution in [0.1, 0.15) is 49.7 Å². The molecule has 0 aromatic heterocycles. The smallest absolute Gasteiger partial charge is 0.219 e. The number of hydrogen-bond acceptors (Lipinski definition) is 3. The lowest BCUT2D eigenvalue weighted by Gasteiger charge is -2.16. The minimum Gasteiger partial charge on any atom is -0.494 e. The first kappa shape index (κ1) is 16.8. The van der Waals surface area contributed by atoms with Crippen molar-refractivity contribution in [1.82, 2.24) is 5.32 Å². The Labute approximate surface area is 132 Å². The summed E-state index contributed by atoms with van der Waals surface area (Å²) >= 11 is 0. The molecule has 4 nitrogen and oxygen atoms in total. The SMILES string of the molecule is O=C(CCCCOc1ccc2c(c1)CCCC2)NCCCO. The van der Waals surface area contributed by atoms with Crippen LogP contribution in [0.4, 0.5) is 0 Å². The third kappa shape index (κ3) is 5.68. The summed E-state index contributed by atoms with van der Waals surface area (Å²) < 4.78 is 5.79. The van der Waals surface area contributed by atoms with Crippen LogP contribution in [-0.4, -0.2) is 30.8 Å². The van der Waals surface area contributed by atoms with E-state index in [1.807, 2.05) is 0 Å². The Bertz CT molecular complexity index is 473. The van der Waals surface area contributed by atoms with Crippen LogP contribution in [0.3, 0.4) is 0 Å². The van der Waals surface area contributed by atoms with E-state index < -0.39 is 0 Å². The molecule has 22 heavy (non-hydrogen) atoms. The molecule has 1 aliphatic carbocycles. The molecule has 2 rings (SSSR count). The van der Waals surface area contributed by atoms with Gasteiger partial charge < -0.3 is 15.2 Å². The predicted molar refractivity (Wildman–Crippen MR) is 87.1 cm³/mol. The lowest BCUT2D eigenvalue weighted by molar-refractivity contribution is -0.121. The Morgan fingerprint density at radius 1 is 1.14 bits per heavy atom. The fourth-order valence-electron chi connectivity index (χ4n) is 2.77. The number of aliphatic hydroxyl groups is 1. The fraction of sp³-hybridized carbons (Fsp3) is 0.611. The maximum Gasteiger partial charge on any atom is 0.219 e. The third-order valence-electron chi connectivity index (χ3n) is 4.04. The van der Waals surface area contributed by atoms with Crippen molar-refractivity contribution in [3.05, 3.63) is 29.3 Å². The first-order valence-corrected chi connectivity index (χ1v) is 8.42. The number of aliphatic hydroxyl groups excluding tert-OH is 1. The van der Waals surface area contributed by atoms with E-state index in [0.29, 0.717) is 26.0 Å². The molecule has 0 aliphatic heterocycles. The van der Waals surface area contributed by atoms with E-state index in [9.17, 15) is 4.79 Å². The van der Waals surface area contributed by atoms with Crippen LogP contribution < -0.4 is 10.1 Å². The molecule has 0 radical (unpaired) electrons. The summed E-state index contributed by atoms with van der Waals surface area (Å²) in [6.07, 6.45) is 7.80. The zero-order valence-electron chi connectivity index (χ0n) is 13.3. The second-order valence-corrected chi connectivity index (χ2v) is 5.87. The van der Waals surface area contributed by atoms with Crippen molar-refractivity contribution in [2.24, 2.45) is 0 Å². The molecule has 0 atom stereocenters.